The maximum atomic E-state index is 3.57. The lowest BCUT2D eigenvalue weighted by molar-refractivity contribution is 0.220. The molecule has 72 valence electrons. The van der Waals surface area contributed by atoms with Gasteiger partial charge in [-0.25, -0.2) is 0 Å². The fourth-order valence-corrected chi connectivity index (χ4v) is 2.21. The first kappa shape index (κ1) is 10.0. The van der Waals surface area contributed by atoms with Gasteiger partial charge in [-0.1, -0.05) is 6.92 Å². The van der Waals surface area contributed by atoms with Crippen LogP contribution in [0.5, 0.6) is 0 Å². The number of rotatable bonds is 2. The van der Waals surface area contributed by atoms with Crippen LogP contribution in [0.3, 0.4) is 0 Å². The summed E-state index contributed by atoms with van der Waals surface area (Å²) in [4.78, 5) is 2.29. The quantitative estimate of drug-likeness (QED) is 0.669. The van der Waals surface area contributed by atoms with Gasteiger partial charge < -0.3 is 10.2 Å². The molecule has 2 unspecified atom stereocenters. The zero-order valence-electron chi connectivity index (χ0n) is 9.02. The molecule has 0 aromatic heterocycles. The van der Waals surface area contributed by atoms with E-state index < -0.39 is 0 Å². The van der Waals surface area contributed by atoms with Gasteiger partial charge in [0.15, 0.2) is 0 Å². The zero-order valence-corrected chi connectivity index (χ0v) is 9.02. The molecule has 1 heterocycles. The zero-order chi connectivity index (χ0) is 9.35. The molecule has 1 rings (SSSR count). The van der Waals surface area contributed by atoms with E-state index in [-0.39, 0.29) is 0 Å². The van der Waals surface area contributed by atoms with E-state index in [9.17, 15) is 0 Å². The van der Waals surface area contributed by atoms with Gasteiger partial charge in [0.25, 0.3) is 0 Å². The average Bonchev–Trinajstić information content (AvgIpc) is 2.15. The van der Waals surface area contributed by atoms with E-state index in [0.717, 1.165) is 11.8 Å². The minimum atomic E-state index is 0.323. The fraction of sp³-hybridized carbons (Fsp3) is 1.00. The molecular weight excluding hydrogens is 148 g/mol. The minimum absolute atomic E-state index is 0.323. The Balaban J connectivity index is 2.59. The van der Waals surface area contributed by atoms with E-state index in [4.69, 9.17) is 0 Å². The van der Waals surface area contributed by atoms with Gasteiger partial charge in [0, 0.05) is 12.1 Å². The summed E-state index contributed by atoms with van der Waals surface area (Å²) in [5, 5.41) is 3.57. The van der Waals surface area contributed by atoms with Crippen LogP contribution in [-0.2, 0) is 0 Å². The van der Waals surface area contributed by atoms with Crippen molar-refractivity contribution in [3.63, 3.8) is 0 Å². The summed E-state index contributed by atoms with van der Waals surface area (Å²) in [5.41, 5.74) is 0.323. The molecule has 1 aliphatic rings. The topological polar surface area (TPSA) is 15.3 Å². The van der Waals surface area contributed by atoms with E-state index in [1.165, 1.54) is 13.1 Å². The third kappa shape index (κ3) is 1.99. The van der Waals surface area contributed by atoms with Crippen LogP contribution in [0.1, 0.15) is 20.8 Å². The molecule has 0 saturated carbocycles. The highest BCUT2D eigenvalue weighted by atomic mass is 15.1. The first-order chi connectivity index (χ1) is 5.43. The van der Waals surface area contributed by atoms with Crippen molar-refractivity contribution < 1.29 is 0 Å². The molecule has 0 radical (unpaired) electrons. The van der Waals surface area contributed by atoms with Gasteiger partial charge in [-0.2, -0.15) is 0 Å². The van der Waals surface area contributed by atoms with Gasteiger partial charge in [-0.15, -0.1) is 0 Å². The second-order valence-electron chi connectivity index (χ2n) is 4.95. The molecule has 0 bridgehead atoms. The predicted molar refractivity (Wildman–Crippen MR) is 53.3 cm³/mol. The van der Waals surface area contributed by atoms with Crippen molar-refractivity contribution in [3.05, 3.63) is 0 Å². The molecule has 0 amide bonds. The molecule has 1 saturated heterocycles. The highest BCUT2D eigenvalue weighted by molar-refractivity contribution is 4.96. The highest BCUT2D eigenvalue weighted by Gasteiger charge is 2.39. The van der Waals surface area contributed by atoms with E-state index in [2.05, 4.69) is 45.1 Å². The Kier molecular flexibility index (Phi) is 2.79. The Morgan fingerprint density at radius 3 is 2.33 bits per heavy atom. The summed E-state index contributed by atoms with van der Waals surface area (Å²) in [7, 11) is 4.31. The van der Waals surface area contributed by atoms with E-state index in [1.54, 1.807) is 0 Å². The minimum Gasteiger partial charge on any atom is -0.311 e. The van der Waals surface area contributed by atoms with Gasteiger partial charge in [0.1, 0.15) is 0 Å². The normalized spacial score (nSPS) is 34.5. The smallest absolute Gasteiger partial charge is 0.0168 e. The molecule has 2 heteroatoms. The molecular formula is C10H22N2. The van der Waals surface area contributed by atoms with Crippen molar-refractivity contribution in [1.82, 2.24) is 10.2 Å². The molecule has 2 atom stereocenters. The van der Waals surface area contributed by atoms with Gasteiger partial charge in [-0.3, -0.25) is 0 Å². The van der Waals surface area contributed by atoms with E-state index >= 15 is 0 Å². The lowest BCUT2D eigenvalue weighted by atomic mass is 9.83. The Morgan fingerprint density at radius 1 is 1.42 bits per heavy atom. The fourth-order valence-electron chi connectivity index (χ4n) is 2.21. The van der Waals surface area contributed by atoms with Crippen LogP contribution < -0.4 is 5.32 Å². The van der Waals surface area contributed by atoms with Crippen LogP contribution in [0.25, 0.3) is 0 Å². The Hall–Kier alpha value is -0.0800. The molecule has 0 spiro atoms. The van der Waals surface area contributed by atoms with Gasteiger partial charge in [0.05, 0.1) is 0 Å². The van der Waals surface area contributed by atoms with Crippen LogP contribution in [0.15, 0.2) is 0 Å². The lowest BCUT2D eigenvalue weighted by Gasteiger charge is -2.31. The lowest BCUT2D eigenvalue weighted by Crippen LogP contribution is -2.42. The van der Waals surface area contributed by atoms with Crippen molar-refractivity contribution in [1.29, 1.82) is 0 Å². The van der Waals surface area contributed by atoms with Crippen molar-refractivity contribution >= 4 is 0 Å². The maximum absolute atomic E-state index is 3.57. The summed E-state index contributed by atoms with van der Waals surface area (Å²) >= 11 is 0. The molecule has 0 aliphatic carbocycles. The molecule has 12 heavy (non-hydrogen) atoms. The largest absolute Gasteiger partial charge is 0.311 e. The van der Waals surface area contributed by atoms with E-state index in [1.807, 2.05) is 0 Å². The average molecular weight is 170 g/mol. The molecule has 1 fully saturated rings. The summed E-state index contributed by atoms with van der Waals surface area (Å²) in [6.07, 6.45) is 0. The van der Waals surface area contributed by atoms with Crippen LogP contribution in [0.4, 0.5) is 0 Å². The predicted octanol–water partition coefficient (Wildman–Crippen LogP) is 1.18. The van der Waals surface area contributed by atoms with Crippen LogP contribution >= 0.6 is 0 Å². The Labute approximate surface area is 76.3 Å². The number of hydrogen-bond acceptors (Lipinski definition) is 2. The third-order valence-electron chi connectivity index (χ3n) is 3.06. The second-order valence-corrected chi connectivity index (χ2v) is 4.95. The van der Waals surface area contributed by atoms with Crippen molar-refractivity contribution in [2.45, 2.75) is 26.3 Å². The first-order valence-corrected chi connectivity index (χ1v) is 4.83. The van der Waals surface area contributed by atoms with Crippen LogP contribution in [0, 0.1) is 11.8 Å². The summed E-state index contributed by atoms with van der Waals surface area (Å²) in [6, 6.07) is 0. The Morgan fingerprint density at radius 2 is 2.00 bits per heavy atom. The van der Waals surface area contributed by atoms with Gasteiger partial charge in [-0.05, 0) is 46.3 Å². The van der Waals surface area contributed by atoms with Crippen molar-refractivity contribution in [2.24, 2.45) is 11.8 Å². The van der Waals surface area contributed by atoms with Gasteiger partial charge in [0.2, 0.25) is 0 Å². The third-order valence-corrected chi connectivity index (χ3v) is 3.06. The van der Waals surface area contributed by atoms with Crippen molar-refractivity contribution in [2.75, 3.05) is 27.2 Å². The summed E-state index contributed by atoms with van der Waals surface area (Å²) < 4.78 is 0. The molecule has 1 N–H and O–H groups in total. The molecule has 0 aromatic rings. The molecule has 1 aliphatic heterocycles. The van der Waals surface area contributed by atoms with Crippen molar-refractivity contribution in [3.8, 4) is 0 Å². The first-order valence-electron chi connectivity index (χ1n) is 4.83. The van der Waals surface area contributed by atoms with Gasteiger partial charge >= 0.3 is 0 Å². The number of nitrogens with one attached hydrogen (secondary N) is 1. The number of hydrogen-bond donors (Lipinski definition) is 1. The SMILES string of the molecule is CC1CNC(C)(C)C1CN(C)C. The van der Waals surface area contributed by atoms with E-state index in [0.29, 0.717) is 5.54 Å². The maximum Gasteiger partial charge on any atom is 0.0168 e. The number of nitrogens with zero attached hydrogens (tertiary/aromatic N) is 1. The second kappa shape index (κ2) is 3.35. The Bertz CT molecular complexity index is 152. The monoisotopic (exact) mass is 170 g/mol. The molecule has 2 nitrogen and oxygen atoms in total. The molecule has 0 aromatic carbocycles. The van der Waals surface area contributed by atoms with Crippen LogP contribution in [0.2, 0.25) is 0 Å². The highest BCUT2D eigenvalue weighted by Crippen LogP contribution is 2.30. The standard InChI is InChI=1S/C10H22N2/c1-8-6-11-10(2,3)9(8)7-12(4)5/h8-9,11H,6-7H2,1-5H3. The summed E-state index contributed by atoms with van der Waals surface area (Å²) in [6.45, 7) is 9.33. The summed E-state index contributed by atoms with van der Waals surface area (Å²) in [5.74, 6) is 1.59. The van der Waals surface area contributed by atoms with Crippen LogP contribution in [-0.4, -0.2) is 37.6 Å².